The Bertz CT molecular complexity index is 606. The first kappa shape index (κ1) is 11.7. The molecule has 0 bridgehead atoms. The molecule has 90 valence electrons. The van der Waals surface area contributed by atoms with E-state index in [1.165, 1.54) is 12.3 Å². The van der Waals surface area contributed by atoms with Crippen molar-refractivity contribution >= 4 is 24.2 Å². The first-order chi connectivity index (χ1) is 8.65. The van der Waals surface area contributed by atoms with Crippen molar-refractivity contribution in [1.29, 1.82) is 0 Å². The molecule has 0 saturated carbocycles. The van der Waals surface area contributed by atoms with Gasteiger partial charge >= 0.3 is 7.12 Å². The lowest BCUT2D eigenvalue weighted by Crippen LogP contribution is -2.28. The van der Waals surface area contributed by atoms with E-state index in [0.717, 1.165) is 0 Å². The van der Waals surface area contributed by atoms with Gasteiger partial charge in [0.1, 0.15) is 11.0 Å². The minimum atomic E-state index is -0.986. The highest BCUT2D eigenvalue weighted by Crippen LogP contribution is 2.25. The number of hydrogen-bond donors (Lipinski definition) is 1. The van der Waals surface area contributed by atoms with Gasteiger partial charge in [-0.2, -0.15) is 0 Å². The Morgan fingerprint density at radius 1 is 1.39 bits per heavy atom. The van der Waals surface area contributed by atoms with Gasteiger partial charge in [-0.1, -0.05) is 17.7 Å². The quantitative estimate of drug-likeness (QED) is 0.630. The summed E-state index contributed by atoms with van der Waals surface area (Å²) in [5.74, 6) is -0.365. The first-order valence-corrected chi connectivity index (χ1v) is 5.77. The van der Waals surface area contributed by atoms with Gasteiger partial charge in [0.2, 0.25) is 0 Å². The topological polar surface area (TPSA) is 42.4 Å². The molecule has 0 unspecified atom stereocenters. The van der Waals surface area contributed by atoms with E-state index in [4.69, 9.17) is 16.3 Å². The van der Waals surface area contributed by atoms with Crippen molar-refractivity contribution in [2.75, 3.05) is 0 Å². The molecule has 0 atom stereocenters. The molecule has 2 heterocycles. The van der Waals surface area contributed by atoms with Gasteiger partial charge in [-0.3, -0.25) is 0 Å². The van der Waals surface area contributed by atoms with E-state index in [9.17, 15) is 9.41 Å². The van der Waals surface area contributed by atoms with Gasteiger partial charge in [-0.05, 0) is 29.2 Å². The fraction of sp³-hybridized carbons (Fsp3) is 0.0833. The second-order valence-electron chi connectivity index (χ2n) is 4.06. The third-order valence-corrected chi connectivity index (χ3v) is 3.15. The summed E-state index contributed by atoms with van der Waals surface area (Å²) in [6.45, 7) is 0.229. The molecule has 0 spiro atoms. The van der Waals surface area contributed by atoms with Crippen molar-refractivity contribution in [2.45, 2.75) is 6.61 Å². The highest BCUT2D eigenvalue weighted by molar-refractivity contribution is 6.61. The summed E-state index contributed by atoms with van der Waals surface area (Å²) in [5.41, 5.74) is 2.26. The second-order valence-corrected chi connectivity index (χ2v) is 4.45. The Balaban J connectivity index is 2.12. The molecule has 1 aliphatic heterocycles. The van der Waals surface area contributed by atoms with Crippen molar-refractivity contribution < 1.29 is 14.1 Å². The van der Waals surface area contributed by atoms with E-state index in [2.05, 4.69) is 4.98 Å². The number of halogens is 2. The van der Waals surface area contributed by atoms with E-state index in [0.29, 0.717) is 27.3 Å². The number of rotatable bonds is 1. The van der Waals surface area contributed by atoms with E-state index < -0.39 is 7.12 Å². The monoisotopic (exact) mass is 263 g/mol. The summed E-state index contributed by atoms with van der Waals surface area (Å²) in [7, 11) is -0.986. The standard InChI is InChI=1S/C12H8BClFNO2/c14-12-2-1-7(5-16-12)9-4-10-8(3-11(9)15)6-18-13(10)17/h1-5,17H,6H2. The third kappa shape index (κ3) is 1.90. The largest absolute Gasteiger partial charge is 0.491 e. The average molecular weight is 263 g/mol. The van der Waals surface area contributed by atoms with Gasteiger partial charge in [0.05, 0.1) is 6.61 Å². The lowest BCUT2D eigenvalue weighted by Gasteiger charge is -2.06. The fourth-order valence-corrected chi connectivity index (χ4v) is 2.11. The maximum Gasteiger partial charge on any atom is 0.491 e. The minimum Gasteiger partial charge on any atom is -0.423 e. The molecular formula is C12H8BClFNO2. The summed E-state index contributed by atoms with van der Waals surface area (Å²) in [5, 5.41) is 9.96. The highest BCUT2D eigenvalue weighted by Gasteiger charge is 2.28. The predicted octanol–water partition coefficient (Wildman–Crippen LogP) is 1.76. The molecule has 0 radical (unpaired) electrons. The zero-order valence-corrected chi connectivity index (χ0v) is 9.99. The van der Waals surface area contributed by atoms with Crippen molar-refractivity contribution in [3.8, 4) is 11.1 Å². The average Bonchev–Trinajstić information content (AvgIpc) is 2.71. The van der Waals surface area contributed by atoms with Gasteiger partial charge in [0, 0.05) is 17.3 Å². The van der Waals surface area contributed by atoms with Crippen LogP contribution in [0, 0.1) is 5.82 Å². The number of benzene rings is 1. The zero-order chi connectivity index (χ0) is 12.7. The van der Waals surface area contributed by atoms with E-state index in [1.807, 2.05) is 0 Å². The Hall–Kier alpha value is -1.43. The Morgan fingerprint density at radius 2 is 2.22 bits per heavy atom. The smallest absolute Gasteiger partial charge is 0.423 e. The molecule has 1 N–H and O–H groups in total. The summed E-state index contributed by atoms with van der Waals surface area (Å²) in [4.78, 5) is 3.91. The molecule has 3 nitrogen and oxygen atoms in total. The fourth-order valence-electron chi connectivity index (χ4n) is 2.00. The van der Waals surface area contributed by atoms with Gasteiger partial charge in [0.25, 0.3) is 0 Å². The second kappa shape index (κ2) is 4.35. The summed E-state index contributed by atoms with van der Waals surface area (Å²) >= 11 is 5.69. The van der Waals surface area contributed by atoms with Crippen LogP contribution in [0.2, 0.25) is 5.15 Å². The summed E-state index contributed by atoms with van der Waals surface area (Å²) in [6, 6.07) is 6.25. The van der Waals surface area contributed by atoms with Crippen molar-refractivity contribution in [2.24, 2.45) is 0 Å². The van der Waals surface area contributed by atoms with E-state index in [1.54, 1.807) is 18.2 Å². The van der Waals surface area contributed by atoms with Crippen LogP contribution in [-0.2, 0) is 11.3 Å². The maximum absolute atomic E-state index is 14.0. The molecule has 2 aromatic rings. The van der Waals surface area contributed by atoms with Crippen molar-refractivity contribution in [3.63, 3.8) is 0 Å². The summed E-state index contributed by atoms with van der Waals surface area (Å²) in [6.07, 6.45) is 1.50. The minimum absolute atomic E-state index is 0.229. The third-order valence-electron chi connectivity index (χ3n) is 2.93. The number of nitrogens with zero attached hydrogens (tertiary/aromatic N) is 1. The molecule has 6 heteroatoms. The van der Waals surface area contributed by atoms with Gasteiger partial charge < -0.3 is 9.68 Å². The van der Waals surface area contributed by atoms with Crippen LogP contribution in [0.5, 0.6) is 0 Å². The number of aromatic nitrogens is 1. The molecular weight excluding hydrogens is 255 g/mol. The van der Waals surface area contributed by atoms with Gasteiger partial charge in [0.15, 0.2) is 0 Å². The van der Waals surface area contributed by atoms with Crippen molar-refractivity contribution in [1.82, 2.24) is 4.98 Å². The first-order valence-electron chi connectivity index (χ1n) is 5.39. The molecule has 1 aliphatic rings. The van der Waals surface area contributed by atoms with Crippen LogP contribution in [0.4, 0.5) is 4.39 Å². The van der Waals surface area contributed by atoms with Crippen LogP contribution in [0.3, 0.4) is 0 Å². The molecule has 18 heavy (non-hydrogen) atoms. The van der Waals surface area contributed by atoms with Gasteiger partial charge in [-0.15, -0.1) is 0 Å². The van der Waals surface area contributed by atoms with E-state index in [-0.39, 0.29) is 12.4 Å². The molecule has 0 saturated heterocycles. The molecule has 3 rings (SSSR count). The maximum atomic E-state index is 14.0. The molecule has 0 amide bonds. The highest BCUT2D eigenvalue weighted by atomic mass is 35.5. The Kier molecular flexibility index (Phi) is 2.82. The van der Waals surface area contributed by atoms with E-state index >= 15 is 0 Å². The van der Waals surface area contributed by atoms with Crippen LogP contribution < -0.4 is 5.46 Å². The molecule has 0 aliphatic carbocycles. The summed E-state index contributed by atoms with van der Waals surface area (Å²) < 4.78 is 19.0. The number of hydrogen-bond acceptors (Lipinski definition) is 3. The lowest BCUT2D eigenvalue weighted by atomic mass is 9.78. The Morgan fingerprint density at radius 3 is 2.94 bits per heavy atom. The predicted molar refractivity (Wildman–Crippen MR) is 67.0 cm³/mol. The molecule has 1 aromatic carbocycles. The van der Waals surface area contributed by atoms with Crippen LogP contribution in [0.15, 0.2) is 30.5 Å². The molecule has 0 fully saturated rings. The van der Waals surface area contributed by atoms with Crippen LogP contribution >= 0.6 is 11.6 Å². The van der Waals surface area contributed by atoms with Crippen LogP contribution in [-0.4, -0.2) is 17.1 Å². The Labute approximate surface area is 108 Å². The molecule has 1 aromatic heterocycles. The SMILES string of the molecule is OB1OCc2cc(F)c(-c3ccc(Cl)nc3)cc21. The number of pyridine rings is 1. The zero-order valence-electron chi connectivity index (χ0n) is 9.23. The van der Waals surface area contributed by atoms with Gasteiger partial charge in [-0.25, -0.2) is 9.37 Å². The van der Waals surface area contributed by atoms with Crippen molar-refractivity contribution in [3.05, 3.63) is 47.0 Å². The van der Waals surface area contributed by atoms with Crippen LogP contribution in [0.1, 0.15) is 5.56 Å². The van der Waals surface area contributed by atoms with Crippen LogP contribution in [0.25, 0.3) is 11.1 Å². The number of fused-ring (bicyclic) bond motifs is 1. The normalized spacial score (nSPS) is 13.8. The lowest BCUT2D eigenvalue weighted by molar-refractivity contribution is 0.275.